The molecule has 1 atom stereocenters. The first kappa shape index (κ1) is 18.6. The minimum Gasteiger partial charge on any atom is -0.376 e. The Morgan fingerprint density at radius 1 is 1.22 bits per heavy atom. The Labute approximate surface area is 171 Å². The molecule has 140 valence electrons. The Kier molecular flexibility index (Phi) is 5.30. The van der Waals surface area contributed by atoms with E-state index in [0.717, 1.165) is 44.8 Å². The zero-order valence-corrected chi connectivity index (χ0v) is 17.8. The molecule has 2 heterocycles. The van der Waals surface area contributed by atoms with Crippen molar-refractivity contribution in [1.82, 2.24) is 4.98 Å². The molecule has 0 N–H and O–H groups in total. The van der Waals surface area contributed by atoms with Gasteiger partial charge in [-0.25, -0.2) is 4.98 Å². The largest absolute Gasteiger partial charge is 0.376 e. The van der Waals surface area contributed by atoms with E-state index in [1.807, 2.05) is 24.3 Å². The minimum absolute atomic E-state index is 0.0348. The zero-order chi connectivity index (χ0) is 19.0. The van der Waals surface area contributed by atoms with Crippen molar-refractivity contribution in [2.45, 2.75) is 32.8 Å². The second-order valence-electron chi connectivity index (χ2n) is 6.93. The number of amides is 1. The predicted octanol–water partition coefficient (Wildman–Crippen LogP) is 5.50. The first-order valence-corrected chi connectivity index (χ1v) is 10.7. The number of carbonyl (C=O) groups excluding carboxylic acids is 1. The van der Waals surface area contributed by atoms with Gasteiger partial charge >= 0.3 is 0 Å². The number of nitrogens with zero attached hydrogens (tertiary/aromatic N) is 2. The van der Waals surface area contributed by atoms with Crippen LogP contribution >= 0.6 is 27.3 Å². The molecule has 1 unspecified atom stereocenters. The van der Waals surface area contributed by atoms with Crippen molar-refractivity contribution in [3.8, 4) is 0 Å². The average Bonchev–Trinajstić information content (AvgIpc) is 3.33. The molecule has 1 aromatic heterocycles. The smallest absolute Gasteiger partial charge is 0.260 e. The van der Waals surface area contributed by atoms with Crippen molar-refractivity contribution in [1.29, 1.82) is 0 Å². The number of thiazole rings is 1. The van der Waals surface area contributed by atoms with E-state index in [-0.39, 0.29) is 12.0 Å². The second-order valence-corrected chi connectivity index (χ2v) is 8.82. The molecule has 27 heavy (non-hydrogen) atoms. The number of hydrogen-bond donors (Lipinski definition) is 0. The van der Waals surface area contributed by atoms with Crippen molar-refractivity contribution < 1.29 is 9.53 Å². The molecular formula is C21H21BrN2O2S. The fraction of sp³-hybridized carbons (Fsp3) is 0.333. The Morgan fingerprint density at radius 3 is 2.63 bits per heavy atom. The van der Waals surface area contributed by atoms with Gasteiger partial charge in [-0.05, 0) is 62.1 Å². The van der Waals surface area contributed by atoms with Gasteiger partial charge in [-0.1, -0.05) is 39.4 Å². The van der Waals surface area contributed by atoms with Crippen molar-refractivity contribution in [2.75, 3.05) is 18.1 Å². The summed E-state index contributed by atoms with van der Waals surface area (Å²) < 4.78 is 7.91. The number of anilines is 1. The molecule has 2 aromatic carbocycles. The monoisotopic (exact) mass is 444 g/mol. The van der Waals surface area contributed by atoms with Gasteiger partial charge in [0, 0.05) is 16.6 Å². The van der Waals surface area contributed by atoms with E-state index < -0.39 is 0 Å². The average molecular weight is 445 g/mol. The van der Waals surface area contributed by atoms with Gasteiger partial charge in [0.05, 0.1) is 22.9 Å². The minimum atomic E-state index is -0.0348. The van der Waals surface area contributed by atoms with Crippen LogP contribution in [0.2, 0.25) is 0 Å². The third-order valence-corrected chi connectivity index (χ3v) is 6.65. The van der Waals surface area contributed by atoms with Gasteiger partial charge in [-0.2, -0.15) is 0 Å². The summed E-state index contributed by atoms with van der Waals surface area (Å²) in [4.78, 5) is 19.9. The van der Waals surface area contributed by atoms with E-state index in [9.17, 15) is 4.79 Å². The van der Waals surface area contributed by atoms with Gasteiger partial charge in [0.15, 0.2) is 5.13 Å². The van der Waals surface area contributed by atoms with Crippen LogP contribution in [0.3, 0.4) is 0 Å². The Balaban J connectivity index is 1.75. The molecule has 0 saturated carbocycles. The summed E-state index contributed by atoms with van der Waals surface area (Å²) in [5.74, 6) is -0.0348. The Hall–Kier alpha value is -1.76. The lowest BCUT2D eigenvalue weighted by Crippen LogP contribution is -2.37. The van der Waals surface area contributed by atoms with Crippen LogP contribution in [0.1, 0.15) is 34.3 Å². The van der Waals surface area contributed by atoms with Crippen molar-refractivity contribution >= 4 is 48.5 Å². The summed E-state index contributed by atoms with van der Waals surface area (Å²) in [6.45, 7) is 5.45. The number of benzene rings is 2. The molecule has 3 aromatic rings. The predicted molar refractivity (Wildman–Crippen MR) is 114 cm³/mol. The van der Waals surface area contributed by atoms with Crippen molar-refractivity contribution in [3.05, 3.63) is 57.6 Å². The van der Waals surface area contributed by atoms with E-state index >= 15 is 0 Å². The fourth-order valence-corrected chi connectivity index (χ4v) is 4.74. The van der Waals surface area contributed by atoms with Crippen molar-refractivity contribution in [2.24, 2.45) is 0 Å². The van der Waals surface area contributed by atoms with Crippen LogP contribution in [0.5, 0.6) is 0 Å². The third kappa shape index (κ3) is 3.79. The van der Waals surface area contributed by atoms with Gasteiger partial charge in [0.1, 0.15) is 0 Å². The summed E-state index contributed by atoms with van der Waals surface area (Å²) in [6.07, 6.45) is 2.09. The maximum Gasteiger partial charge on any atom is 0.260 e. The number of hydrogen-bond acceptors (Lipinski definition) is 4. The summed E-state index contributed by atoms with van der Waals surface area (Å²) in [7, 11) is 0. The third-order valence-electron chi connectivity index (χ3n) is 4.91. The lowest BCUT2D eigenvalue weighted by atomic mass is 10.1. The second kappa shape index (κ2) is 7.70. The number of aromatic nitrogens is 1. The van der Waals surface area contributed by atoms with E-state index in [1.165, 1.54) is 5.56 Å². The molecule has 4 rings (SSSR count). The molecular weight excluding hydrogens is 424 g/mol. The number of fused-ring (bicyclic) bond motifs is 1. The van der Waals surface area contributed by atoms with Crippen LogP contribution in [-0.2, 0) is 4.74 Å². The molecule has 6 heteroatoms. The van der Waals surface area contributed by atoms with Crippen LogP contribution in [0, 0.1) is 13.8 Å². The quantitative estimate of drug-likeness (QED) is 0.533. The van der Waals surface area contributed by atoms with Gasteiger partial charge in [0.2, 0.25) is 0 Å². The summed E-state index contributed by atoms with van der Waals surface area (Å²) >= 11 is 5.02. The van der Waals surface area contributed by atoms with Gasteiger partial charge < -0.3 is 4.74 Å². The Morgan fingerprint density at radius 2 is 1.96 bits per heavy atom. The highest BCUT2D eigenvalue weighted by Gasteiger charge is 2.27. The van der Waals surface area contributed by atoms with Crippen molar-refractivity contribution in [3.63, 3.8) is 0 Å². The van der Waals surface area contributed by atoms with E-state index in [1.54, 1.807) is 16.2 Å². The fourth-order valence-electron chi connectivity index (χ4n) is 3.35. The standard InChI is InChI=1S/C21H21BrN2O2S/c1-13-5-6-14(2)19-18(13)23-21(27-19)24(12-17-4-3-11-26-17)20(25)15-7-9-16(22)10-8-15/h5-10,17H,3-4,11-12H2,1-2H3. The van der Waals surface area contributed by atoms with Crippen LogP contribution in [0.15, 0.2) is 40.9 Å². The molecule has 1 aliphatic heterocycles. The number of halogens is 1. The zero-order valence-electron chi connectivity index (χ0n) is 15.4. The molecule has 0 spiro atoms. The number of aryl methyl sites for hydroxylation is 2. The van der Waals surface area contributed by atoms with E-state index in [0.29, 0.717) is 12.1 Å². The van der Waals surface area contributed by atoms with E-state index in [2.05, 4.69) is 41.9 Å². The van der Waals surface area contributed by atoms with Gasteiger partial charge in [-0.3, -0.25) is 9.69 Å². The topological polar surface area (TPSA) is 42.4 Å². The maximum atomic E-state index is 13.3. The highest BCUT2D eigenvalue weighted by molar-refractivity contribution is 9.10. The van der Waals surface area contributed by atoms with Gasteiger partial charge in [0.25, 0.3) is 5.91 Å². The number of rotatable bonds is 4. The normalized spacial score (nSPS) is 16.8. The molecule has 1 saturated heterocycles. The first-order chi connectivity index (χ1) is 13.0. The van der Waals surface area contributed by atoms with Gasteiger partial charge in [-0.15, -0.1) is 0 Å². The molecule has 1 amide bonds. The molecule has 0 radical (unpaired) electrons. The number of carbonyl (C=O) groups is 1. The lowest BCUT2D eigenvalue weighted by Gasteiger charge is -2.23. The molecule has 1 fully saturated rings. The summed E-state index contributed by atoms with van der Waals surface area (Å²) in [6, 6.07) is 11.7. The highest BCUT2D eigenvalue weighted by atomic mass is 79.9. The molecule has 1 aliphatic rings. The maximum absolute atomic E-state index is 13.3. The summed E-state index contributed by atoms with van der Waals surface area (Å²) in [5.41, 5.74) is 3.96. The first-order valence-electron chi connectivity index (χ1n) is 9.08. The SMILES string of the molecule is Cc1ccc(C)c2sc(N(CC3CCCO3)C(=O)c3ccc(Br)cc3)nc12. The van der Waals surface area contributed by atoms with Crippen LogP contribution in [0.25, 0.3) is 10.2 Å². The highest BCUT2D eigenvalue weighted by Crippen LogP contribution is 2.34. The van der Waals surface area contributed by atoms with E-state index in [4.69, 9.17) is 9.72 Å². The van der Waals surface area contributed by atoms with Crippen LogP contribution in [0.4, 0.5) is 5.13 Å². The van der Waals surface area contributed by atoms with Crippen LogP contribution < -0.4 is 4.90 Å². The molecule has 0 bridgehead atoms. The summed E-state index contributed by atoms with van der Waals surface area (Å²) in [5, 5.41) is 0.741. The number of ether oxygens (including phenoxy) is 1. The lowest BCUT2D eigenvalue weighted by molar-refractivity contribution is 0.0917. The Bertz CT molecular complexity index is 939. The molecule has 4 nitrogen and oxygen atoms in total. The van der Waals surface area contributed by atoms with Crippen LogP contribution in [-0.4, -0.2) is 30.1 Å². The molecule has 0 aliphatic carbocycles.